The number of fused-ring (bicyclic) bond motifs is 1. The zero-order valence-electron chi connectivity index (χ0n) is 13.0. The average molecular weight is 345 g/mol. The van der Waals surface area contributed by atoms with Gasteiger partial charge in [0.1, 0.15) is 12.8 Å². The van der Waals surface area contributed by atoms with Crippen LogP contribution < -0.4 is 5.73 Å². The van der Waals surface area contributed by atoms with Crippen molar-refractivity contribution in [1.82, 2.24) is 4.90 Å². The van der Waals surface area contributed by atoms with E-state index in [1.807, 2.05) is 11.8 Å². The molecule has 2 aliphatic heterocycles. The minimum atomic E-state index is -1.05. The molecule has 23 heavy (non-hydrogen) atoms. The molecule has 3 rings (SSSR count). The van der Waals surface area contributed by atoms with Gasteiger partial charge in [-0.3, -0.25) is 4.90 Å². The van der Waals surface area contributed by atoms with E-state index in [4.69, 9.17) is 10.5 Å². The number of aliphatic hydroxyl groups is 1. The topological polar surface area (TPSA) is 75.8 Å². The van der Waals surface area contributed by atoms with Crippen LogP contribution in [0.4, 0.5) is 4.39 Å². The Balaban J connectivity index is 0.00000192. The summed E-state index contributed by atoms with van der Waals surface area (Å²) in [5, 5.41) is 10.5. The molecule has 2 heterocycles. The number of likely N-dealkylation sites (tertiary alicyclic amines) is 1. The van der Waals surface area contributed by atoms with Gasteiger partial charge in [-0.25, -0.2) is 9.18 Å². The number of halogens is 2. The number of benzene rings is 1. The second kappa shape index (κ2) is 7.13. The van der Waals surface area contributed by atoms with Gasteiger partial charge in [0.25, 0.3) is 0 Å². The number of nitrogens with zero attached hydrogens (tertiary/aromatic N) is 1. The van der Waals surface area contributed by atoms with Crippen LogP contribution in [0.2, 0.25) is 0 Å². The number of ether oxygens (including phenoxy) is 1. The molecule has 0 aliphatic carbocycles. The van der Waals surface area contributed by atoms with Crippen LogP contribution >= 0.6 is 12.4 Å². The minimum Gasteiger partial charge on any atom is -0.457 e. The first-order chi connectivity index (χ1) is 10.5. The number of piperidine rings is 1. The summed E-state index contributed by atoms with van der Waals surface area (Å²) in [4.78, 5) is 13.4. The number of cyclic esters (lactones) is 1. The number of rotatable bonds is 3. The summed E-state index contributed by atoms with van der Waals surface area (Å²) in [6.07, 6.45) is -1.17. The minimum absolute atomic E-state index is 0. The van der Waals surface area contributed by atoms with Crippen molar-refractivity contribution in [2.45, 2.75) is 38.3 Å². The first-order valence-corrected chi connectivity index (χ1v) is 7.57. The van der Waals surface area contributed by atoms with Crippen LogP contribution in [-0.4, -0.2) is 47.8 Å². The van der Waals surface area contributed by atoms with E-state index in [9.17, 15) is 14.3 Å². The smallest absolute Gasteiger partial charge is 0.338 e. The lowest BCUT2D eigenvalue weighted by Crippen LogP contribution is -2.49. The Morgan fingerprint density at radius 1 is 1.52 bits per heavy atom. The van der Waals surface area contributed by atoms with Crippen LogP contribution in [0.3, 0.4) is 0 Å². The molecular formula is C16H22ClFN2O3. The first kappa shape index (κ1) is 18.1. The molecule has 0 aromatic heterocycles. The van der Waals surface area contributed by atoms with Gasteiger partial charge in [0.15, 0.2) is 0 Å². The third-order valence-corrected chi connectivity index (χ3v) is 4.67. The predicted octanol–water partition coefficient (Wildman–Crippen LogP) is 1.49. The third-order valence-electron chi connectivity index (χ3n) is 4.67. The Morgan fingerprint density at radius 2 is 2.26 bits per heavy atom. The van der Waals surface area contributed by atoms with Gasteiger partial charge in [0, 0.05) is 24.7 Å². The lowest BCUT2D eigenvalue weighted by molar-refractivity contribution is 0.0535. The fourth-order valence-electron chi connectivity index (χ4n) is 3.22. The fraction of sp³-hybridized carbons (Fsp3) is 0.562. The number of hydrogen-bond acceptors (Lipinski definition) is 5. The Kier molecular flexibility index (Phi) is 5.62. The molecule has 2 aliphatic rings. The van der Waals surface area contributed by atoms with Crippen LogP contribution in [0.5, 0.6) is 0 Å². The van der Waals surface area contributed by atoms with Gasteiger partial charge in [-0.2, -0.15) is 0 Å². The number of alkyl halides is 1. The zero-order chi connectivity index (χ0) is 15.9. The molecule has 1 saturated heterocycles. The fourth-order valence-corrected chi connectivity index (χ4v) is 3.22. The van der Waals surface area contributed by atoms with Crippen molar-refractivity contribution in [2.24, 2.45) is 5.73 Å². The summed E-state index contributed by atoms with van der Waals surface area (Å²) in [5.41, 5.74) is 8.72. The lowest BCUT2D eigenvalue weighted by atomic mass is 9.94. The number of nitrogens with two attached hydrogens (primary N) is 1. The molecule has 0 bridgehead atoms. The van der Waals surface area contributed by atoms with Gasteiger partial charge in [-0.05, 0) is 37.1 Å². The lowest BCUT2D eigenvalue weighted by Gasteiger charge is -2.34. The van der Waals surface area contributed by atoms with Gasteiger partial charge in [-0.15, -0.1) is 12.4 Å². The van der Waals surface area contributed by atoms with E-state index in [2.05, 4.69) is 0 Å². The normalized spacial score (nSPS) is 25.5. The molecule has 0 radical (unpaired) electrons. The molecule has 128 valence electrons. The van der Waals surface area contributed by atoms with Crippen molar-refractivity contribution in [1.29, 1.82) is 0 Å². The highest BCUT2D eigenvalue weighted by Crippen LogP contribution is 2.29. The van der Waals surface area contributed by atoms with Gasteiger partial charge in [0.2, 0.25) is 0 Å². The largest absolute Gasteiger partial charge is 0.457 e. The highest BCUT2D eigenvalue weighted by atomic mass is 35.5. The number of carbonyl (C=O) groups is 1. The summed E-state index contributed by atoms with van der Waals surface area (Å²) >= 11 is 0. The molecule has 3 atom stereocenters. The summed E-state index contributed by atoms with van der Waals surface area (Å²) in [7, 11) is 0. The van der Waals surface area contributed by atoms with Crippen molar-refractivity contribution in [3.05, 3.63) is 34.4 Å². The second-order valence-corrected chi connectivity index (χ2v) is 6.13. The van der Waals surface area contributed by atoms with Gasteiger partial charge in [-0.1, -0.05) is 6.07 Å². The molecular weight excluding hydrogens is 323 g/mol. The summed E-state index contributed by atoms with van der Waals surface area (Å²) < 4.78 is 18.7. The highest BCUT2D eigenvalue weighted by molar-refractivity contribution is 5.93. The molecule has 0 spiro atoms. The molecule has 1 aromatic carbocycles. The van der Waals surface area contributed by atoms with Gasteiger partial charge < -0.3 is 15.6 Å². The van der Waals surface area contributed by atoms with Crippen LogP contribution in [0.25, 0.3) is 0 Å². The molecule has 1 aromatic rings. The maximum absolute atomic E-state index is 13.7. The van der Waals surface area contributed by atoms with Crippen molar-refractivity contribution < 1.29 is 19.0 Å². The van der Waals surface area contributed by atoms with E-state index >= 15 is 0 Å². The van der Waals surface area contributed by atoms with Crippen LogP contribution in [0.1, 0.15) is 39.6 Å². The third kappa shape index (κ3) is 3.50. The number of carbonyl (C=O) groups excluding carboxylic acids is 1. The SMILES string of the molecule is Cc1c([C@@H](O)CN2CC[C@H](N)[C@H](F)C2)ccc2c1COC2=O.Cl. The number of esters is 1. The van der Waals surface area contributed by atoms with Crippen molar-refractivity contribution >= 4 is 18.4 Å². The summed E-state index contributed by atoms with van der Waals surface area (Å²) in [6, 6.07) is 3.05. The maximum atomic E-state index is 13.7. The monoisotopic (exact) mass is 344 g/mol. The van der Waals surface area contributed by atoms with E-state index in [0.717, 1.165) is 16.7 Å². The van der Waals surface area contributed by atoms with Gasteiger partial charge in [0.05, 0.1) is 11.7 Å². The van der Waals surface area contributed by atoms with Crippen LogP contribution in [-0.2, 0) is 11.3 Å². The number of β-amino-alcohol motifs (C(OH)–C–C–N with tert-alkyl or cyclic N) is 1. The average Bonchev–Trinajstić information content (AvgIpc) is 2.86. The summed E-state index contributed by atoms with van der Waals surface area (Å²) in [5.74, 6) is -0.315. The Labute approximate surface area is 141 Å². The predicted molar refractivity (Wildman–Crippen MR) is 86.4 cm³/mol. The number of hydrogen-bond donors (Lipinski definition) is 2. The second-order valence-electron chi connectivity index (χ2n) is 6.13. The Morgan fingerprint density at radius 3 is 2.96 bits per heavy atom. The molecule has 1 fully saturated rings. The molecule has 3 N–H and O–H groups in total. The standard InChI is InChI=1S/C16H21FN2O3.ClH/c1-9-10(2-3-11-12(9)8-22-16(11)21)15(20)7-19-5-4-14(18)13(17)6-19;/h2-3,13-15,20H,4-8,18H2,1H3;1H/t13-,14+,15+;/m1./s1. The maximum Gasteiger partial charge on any atom is 0.338 e. The quantitative estimate of drug-likeness (QED) is 0.813. The van der Waals surface area contributed by atoms with Crippen molar-refractivity contribution in [3.8, 4) is 0 Å². The van der Waals surface area contributed by atoms with Crippen molar-refractivity contribution in [3.63, 3.8) is 0 Å². The van der Waals surface area contributed by atoms with Crippen molar-refractivity contribution in [2.75, 3.05) is 19.6 Å². The summed E-state index contributed by atoms with van der Waals surface area (Å²) in [6.45, 7) is 3.44. The molecule has 0 amide bonds. The molecule has 0 saturated carbocycles. The first-order valence-electron chi connectivity index (χ1n) is 7.57. The van der Waals surface area contributed by atoms with E-state index in [1.54, 1.807) is 12.1 Å². The zero-order valence-corrected chi connectivity index (χ0v) is 13.8. The number of aliphatic hydroxyl groups excluding tert-OH is 1. The highest BCUT2D eigenvalue weighted by Gasteiger charge is 2.29. The Bertz CT molecular complexity index is 599. The van der Waals surface area contributed by atoms with Crippen LogP contribution in [0, 0.1) is 6.92 Å². The van der Waals surface area contributed by atoms with E-state index in [0.29, 0.717) is 25.1 Å². The molecule has 0 unspecified atom stereocenters. The molecule has 5 nitrogen and oxygen atoms in total. The van der Waals surface area contributed by atoms with Gasteiger partial charge >= 0.3 is 5.97 Å². The molecule has 7 heteroatoms. The Hall–Kier alpha value is -1.21. The van der Waals surface area contributed by atoms with Crippen LogP contribution in [0.15, 0.2) is 12.1 Å². The van der Waals surface area contributed by atoms with E-state index < -0.39 is 18.3 Å². The van der Waals surface area contributed by atoms with E-state index in [1.165, 1.54) is 0 Å². The van der Waals surface area contributed by atoms with E-state index in [-0.39, 0.29) is 31.5 Å².